The zero-order valence-corrected chi connectivity index (χ0v) is 14.0. The number of alkyl halides is 1. The lowest BCUT2D eigenvalue weighted by Gasteiger charge is -2.43. The van der Waals surface area contributed by atoms with Gasteiger partial charge in [0.25, 0.3) is 5.69 Å². The fourth-order valence-electron chi connectivity index (χ4n) is 3.51. The first-order chi connectivity index (χ1) is 11.9. The summed E-state index contributed by atoms with van der Waals surface area (Å²) in [6.07, 6.45) is 1.19. The number of nitro groups is 1. The predicted molar refractivity (Wildman–Crippen MR) is 87.8 cm³/mol. The molecule has 1 heterocycles. The highest BCUT2D eigenvalue weighted by atomic mass is 19.1. The van der Waals surface area contributed by atoms with E-state index in [1.807, 2.05) is 6.07 Å². The molecule has 2 fully saturated rings. The molecular weight excluding hydrogens is 329 g/mol. The first kappa shape index (κ1) is 17.6. The van der Waals surface area contributed by atoms with E-state index in [0.29, 0.717) is 38.0 Å². The van der Waals surface area contributed by atoms with Crippen molar-refractivity contribution in [3.05, 3.63) is 33.9 Å². The van der Waals surface area contributed by atoms with Gasteiger partial charge in [-0.1, -0.05) is 0 Å². The second-order valence-corrected chi connectivity index (χ2v) is 6.77. The second kappa shape index (κ2) is 6.58. The van der Waals surface area contributed by atoms with Gasteiger partial charge in [0, 0.05) is 31.4 Å². The summed E-state index contributed by atoms with van der Waals surface area (Å²) in [6.45, 7) is 2.73. The maximum absolute atomic E-state index is 14.9. The van der Waals surface area contributed by atoms with Crippen molar-refractivity contribution in [2.24, 2.45) is 5.92 Å². The number of ether oxygens (including phenoxy) is 2. The Labute approximate surface area is 144 Å². The summed E-state index contributed by atoms with van der Waals surface area (Å²) in [6, 6.07) is 6.03. The molecule has 2 aliphatic rings. The zero-order chi connectivity index (χ0) is 18.1. The Bertz CT molecular complexity index is 710. The molecule has 134 valence electrons. The van der Waals surface area contributed by atoms with Gasteiger partial charge in [0.05, 0.1) is 29.8 Å². The normalized spacial score (nSPS) is 27.8. The van der Waals surface area contributed by atoms with Crippen LogP contribution in [0.1, 0.15) is 31.7 Å². The van der Waals surface area contributed by atoms with Gasteiger partial charge >= 0.3 is 0 Å². The Morgan fingerprint density at radius 1 is 1.44 bits per heavy atom. The minimum atomic E-state index is -1.42. The minimum absolute atomic E-state index is 0.140. The summed E-state index contributed by atoms with van der Waals surface area (Å²) in [5, 5.41) is 23.1. The number of rotatable bonds is 4. The van der Waals surface area contributed by atoms with Crippen LogP contribution < -0.4 is 5.32 Å². The molecule has 1 spiro atoms. The molecule has 1 saturated carbocycles. The van der Waals surface area contributed by atoms with Gasteiger partial charge in [-0.15, -0.1) is 0 Å². The van der Waals surface area contributed by atoms with Crippen molar-refractivity contribution in [3.63, 3.8) is 0 Å². The molecule has 0 bridgehead atoms. The standard InChI is InChI=1S/C17H20FN3O4/c1-16(18)4-5-17(24-6-7-25-17)9-13(16)11-20-14-8-12(10-19)2-3-15(14)21(22)23/h2-3,8,13,20H,4-7,9,11H2,1H3. The molecular formula is C17H20FN3O4. The summed E-state index contributed by atoms with van der Waals surface area (Å²) in [4.78, 5) is 10.6. The van der Waals surface area contributed by atoms with Crippen LogP contribution in [0.15, 0.2) is 18.2 Å². The molecule has 1 aromatic carbocycles. The third-order valence-corrected chi connectivity index (χ3v) is 5.08. The molecule has 2 atom stereocenters. The number of hydrogen-bond donors (Lipinski definition) is 1. The quantitative estimate of drug-likeness (QED) is 0.662. The van der Waals surface area contributed by atoms with Gasteiger partial charge in [0.15, 0.2) is 5.79 Å². The van der Waals surface area contributed by atoms with Gasteiger partial charge in [-0.3, -0.25) is 10.1 Å². The van der Waals surface area contributed by atoms with Gasteiger partial charge in [-0.2, -0.15) is 5.26 Å². The third-order valence-electron chi connectivity index (χ3n) is 5.08. The minimum Gasteiger partial charge on any atom is -0.379 e. The topological polar surface area (TPSA) is 97.4 Å². The molecule has 8 heteroatoms. The van der Waals surface area contributed by atoms with Gasteiger partial charge in [0.2, 0.25) is 0 Å². The molecule has 1 aliphatic carbocycles. The van der Waals surface area contributed by atoms with Crippen LogP contribution >= 0.6 is 0 Å². The van der Waals surface area contributed by atoms with Crippen molar-refractivity contribution < 1.29 is 18.8 Å². The summed E-state index contributed by atoms with van der Waals surface area (Å²) in [5.74, 6) is -1.16. The third kappa shape index (κ3) is 3.57. The number of anilines is 1. The van der Waals surface area contributed by atoms with Crippen molar-refractivity contribution in [3.8, 4) is 6.07 Å². The number of nitro benzene ring substituents is 1. The second-order valence-electron chi connectivity index (χ2n) is 6.77. The molecule has 1 saturated heterocycles. The molecule has 25 heavy (non-hydrogen) atoms. The molecule has 0 amide bonds. The van der Waals surface area contributed by atoms with E-state index in [1.165, 1.54) is 18.2 Å². The highest BCUT2D eigenvalue weighted by Gasteiger charge is 2.50. The molecule has 7 nitrogen and oxygen atoms in total. The fourth-order valence-corrected chi connectivity index (χ4v) is 3.51. The first-order valence-corrected chi connectivity index (χ1v) is 8.24. The maximum Gasteiger partial charge on any atom is 0.292 e. The number of benzene rings is 1. The van der Waals surface area contributed by atoms with Crippen LogP contribution in [0.4, 0.5) is 15.8 Å². The van der Waals surface area contributed by atoms with Crippen LogP contribution in [0.25, 0.3) is 0 Å². The van der Waals surface area contributed by atoms with E-state index >= 15 is 0 Å². The van der Waals surface area contributed by atoms with Crippen LogP contribution in [0.3, 0.4) is 0 Å². The Balaban J connectivity index is 1.77. The Hall–Kier alpha value is -2.24. The van der Waals surface area contributed by atoms with Gasteiger partial charge in [0.1, 0.15) is 11.4 Å². The first-order valence-electron chi connectivity index (χ1n) is 8.24. The van der Waals surface area contributed by atoms with E-state index in [2.05, 4.69) is 5.32 Å². The fraction of sp³-hybridized carbons (Fsp3) is 0.588. The number of nitrogens with zero attached hydrogens (tertiary/aromatic N) is 2. The molecule has 0 aromatic heterocycles. The van der Waals surface area contributed by atoms with E-state index < -0.39 is 22.3 Å². The maximum atomic E-state index is 14.9. The van der Waals surface area contributed by atoms with Gasteiger partial charge in [-0.25, -0.2) is 4.39 Å². The molecule has 1 aromatic rings. The van der Waals surface area contributed by atoms with E-state index in [1.54, 1.807) is 6.92 Å². The van der Waals surface area contributed by atoms with Crippen molar-refractivity contribution in [1.82, 2.24) is 0 Å². The Morgan fingerprint density at radius 2 is 2.16 bits per heavy atom. The summed E-state index contributed by atoms with van der Waals surface area (Å²) >= 11 is 0. The van der Waals surface area contributed by atoms with Crippen LogP contribution in [0.5, 0.6) is 0 Å². The lowest BCUT2D eigenvalue weighted by atomic mass is 9.74. The van der Waals surface area contributed by atoms with E-state index in [4.69, 9.17) is 14.7 Å². The van der Waals surface area contributed by atoms with Crippen LogP contribution in [0.2, 0.25) is 0 Å². The van der Waals surface area contributed by atoms with Crippen molar-refractivity contribution in [2.45, 2.75) is 37.6 Å². The van der Waals surface area contributed by atoms with E-state index in [-0.39, 0.29) is 17.9 Å². The van der Waals surface area contributed by atoms with Crippen LogP contribution in [-0.4, -0.2) is 36.1 Å². The average molecular weight is 349 g/mol. The van der Waals surface area contributed by atoms with Crippen molar-refractivity contribution in [2.75, 3.05) is 25.1 Å². The molecule has 3 rings (SSSR count). The molecule has 1 aliphatic heterocycles. The SMILES string of the molecule is CC1(F)CCC2(CC1CNc1cc(C#N)ccc1[N+](=O)[O-])OCCO2. The van der Waals surface area contributed by atoms with E-state index in [9.17, 15) is 14.5 Å². The lowest BCUT2D eigenvalue weighted by molar-refractivity contribution is -0.384. The Morgan fingerprint density at radius 3 is 2.80 bits per heavy atom. The average Bonchev–Trinajstić information content (AvgIpc) is 3.04. The predicted octanol–water partition coefficient (Wildman–Crippen LogP) is 3.15. The van der Waals surface area contributed by atoms with Crippen LogP contribution in [0, 0.1) is 27.4 Å². The van der Waals surface area contributed by atoms with Gasteiger partial charge in [-0.05, 0) is 25.5 Å². The van der Waals surface area contributed by atoms with Gasteiger partial charge < -0.3 is 14.8 Å². The lowest BCUT2D eigenvalue weighted by Crippen LogP contribution is -2.48. The number of nitrogens with one attached hydrogen (secondary N) is 1. The number of halogens is 1. The highest BCUT2D eigenvalue weighted by Crippen LogP contribution is 2.45. The molecule has 2 unspecified atom stereocenters. The summed E-state index contributed by atoms with van der Waals surface area (Å²) < 4.78 is 26.3. The molecule has 0 radical (unpaired) electrons. The number of nitriles is 1. The summed E-state index contributed by atoms with van der Waals surface area (Å²) in [7, 11) is 0. The van der Waals surface area contributed by atoms with E-state index in [0.717, 1.165) is 0 Å². The van der Waals surface area contributed by atoms with Crippen LogP contribution in [-0.2, 0) is 9.47 Å². The van der Waals surface area contributed by atoms with Crippen molar-refractivity contribution in [1.29, 1.82) is 5.26 Å². The summed E-state index contributed by atoms with van der Waals surface area (Å²) in [5.41, 5.74) is -1.04. The van der Waals surface area contributed by atoms with Crippen molar-refractivity contribution >= 4 is 11.4 Å². The monoisotopic (exact) mass is 349 g/mol. The Kier molecular flexibility index (Phi) is 4.62. The highest BCUT2D eigenvalue weighted by molar-refractivity contribution is 5.64. The zero-order valence-electron chi connectivity index (χ0n) is 14.0. The smallest absolute Gasteiger partial charge is 0.292 e. The number of hydrogen-bond acceptors (Lipinski definition) is 6. The largest absolute Gasteiger partial charge is 0.379 e. The molecule has 1 N–H and O–H groups in total.